The van der Waals surface area contributed by atoms with Gasteiger partial charge in [-0.05, 0) is 47.1 Å². The van der Waals surface area contributed by atoms with Crippen LogP contribution >= 0.6 is 27.3 Å². The summed E-state index contributed by atoms with van der Waals surface area (Å²) in [7, 11) is 0. The van der Waals surface area contributed by atoms with E-state index in [1.54, 1.807) is 12.4 Å². The van der Waals surface area contributed by atoms with E-state index in [9.17, 15) is 4.79 Å². The normalized spacial score (nSPS) is 10.8. The molecule has 26 heavy (non-hydrogen) atoms. The molecule has 0 bridgehead atoms. The topological polar surface area (TPSA) is 95.6 Å². The van der Waals surface area contributed by atoms with E-state index >= 15 is 0 Å². The van der Waals surface area contributed by atoms with Gasteiger partial charge in [0.1, 0.15) is 10.7 Å². The number of thiazole rings is 1. The Bertz CT molecular complexity index is 1110. The fourth-order valence-electron chi connectivity index (χ4n) is 2.45. The molecule has 0 aliphatic carbocycles. The van der Waals surface area contributed by atoms with Crippen LogP contribution in [0.5, 0.6) is 0 Å². The van der Waals surface area contributed by atoms with Crippen molar-refractivity contribution in [3.8, 4) is 0 Å². The number of aromatic amines is 1. The van der Waals surface area contributed by atoms with Crippen LogP contribution in [-0.4, -0.2) is 26.1 Å². The van der Waals surface area contributed by atoms with Crippen molar-refractivity contribution in [1.82, 2.24) is 20.2 Å². The highest BCUT2D eigenvalue weighted by Gasteiger charge is 2.15. The summed E-state index contributed by atoms with van der Waals surface area (Å²) < 4.78 is 0.784. The Morgan fingerprint density at radius 1 is 1.23 bits per heavy atom. The van der Waals surface area contributed by atoms with Gasteiger partial charge >= 0.3 is 0 Å². The average Bonchev–Trinajstić information content (AvgIpc) is 3.27. The van der Waals surface area contributed by atoms with Crippen LogP contribution < -0.4 is 10.6 Å². The van der Waals surface area contributed by atoms with Crippen molar-refractivity contribution >= 4 is 60.7 Å². The van der Waals surface area contributed by atoms with Crippen molar-refractivity contribution in [1.29, 1.82) is 0 Å². The number of fused-ring (bicyclic) bond motifs is 1. The molecule has 3 N–H and O–H groups in total. The lowest BCUT2D eigenvalue weighted by atomic mass is 10.2. The second-order valence-electron chi connectivity index (χ2n) is 5.53. The quantitative estimate of drug-likeness (QED) is 0.445. The van der Waals surface area contributed by atoms with Gasteiger partial charge in [0, 0.05) is 15.6 Å². The first-order valence-electron chi connectivity index (χ1n) is 7.69. The monoisotopic (exact) mass is 428 g/mol. The van der Waals surface area contributed by atoms with E-state index in [1.807, 2.05) is 37.3 Å². The fraction of sp³-hybridized carbons (Fsp3) is 0.0588. The van der Waals surface area contributed by atoms with E-state index in [1.165, 1.54) is 11.3 Å². The summed E-state index contributed by atoms with van der Waals surface area (Å²) in [5, 5.41) is 14.4. The summed E-state index contributed by atoms with van der Waals surface area (Å²) in [5.41, 5.74) is 2.42. The number of carbonyl (C=O) groups is 1. The number of anilines is 3. The predicted molar refractivity (Wildman–Crippen MR) is 106 cm³/mol. The van der Waals surface area contributed by atoms with Crippen molar-refractivity contribution in [3.05, 3.63) is 57.8 Å². The van der Waals surface area contributed by atoms with E-state index in [0.717, 1.165) is 21.1 Å². The first-order valence-corrected chi connectivity index (χ1v) is 9.30. The van der Waals surface area contributed by atoms with E-state index in [4.69, 9.17) is 0 Å². The van der Waals surface area contributed by atoms with Gasteiger partial charge in [0.2, 0.25) is 0 Å². The summed E-state index contributed by atoms with van der Waals surface area (Å²) in [6, 6.07) is 9.44. The smallest absolute Gasteiger partial charge is 0.267 e. The van der Waals surface area contributed by atoms with Gasteiger partial charge in [-0.1, -0.05) is 17.4 Å². The third-order valence-electron chi connectivity index (χ3n) is 3.66. The molecule has 1 amide bonds. The Morgan fingerprint density at radius 3 is 2.96 bits per heavy atom. The summed E-state index contributed by atoms with van der Waals surface area (Å²) in [6.45, 7) is 1.92. The molecule has 4 aromatic rings. The number of hydrogen-bond acceptors (Lipinski definition) is 6. The van der Waals surface area contributed by atoms with Gasteiger partial charge in [0.15, 0.2) is 5.13 Å². The number of carbonyl (C=O) groups excluding carboxylic acids is 1. The first-order chi connectivity index (χ1) is 12.6. The largest absolute Gasteiger partial charge is 0.320 e. The Morgan fingerprint density at radius 2 is 2.12 bits per heavy atom. The second-order valence-corrected chi connectivity index (χ2v) is 7.41. The zero-order valence-electron chi connectivity index (χ0n) is 13.6. The number of aromatic nitrogens is 4. The Balaban J connectivity index is 1.55. The number of hydrogen-bond donors (Lipinski definition) is 3. The molecule has 9 heteroatoms. The molecule has 3 aromatic heterocycles. The number of benzene rings is 1. The standard InChI is InChI=1S/C17H13BrN6OS/c1-9-3-2-4-14(21-9)22-17-19-8-13(26-17)16(25)23-15-10-7-20-24-12(10)6-5-11(15)18/h2-8H,1H3,(H,20,24)(H,23,25)(H,19,21,22). The van der Waals surface area contributed by atoms with Gasteiger partial charge in [-0.25, -0.2) is 9.97 Å². The SMILES string of the molecule is Cc1cccc(Nc2ncc(C(=O)Nc3c(Br)ccc4[nH]ncc34)s2)n1. The summed E-state index contributed by atoms with van der Waals surface area (Å²) in [4.78, 5) is 21.7. The molecule has 0 saturated heterocycles. The molecule has 0 fully saturated rings. The third kappa shape index (κ3) is 3.31. The van der Waals surface area contributed by atoms with E-state index in [0.29, 0.717) is 21.5 Å². The molecule has 0 aliphatic heterocycles. The lowest BCUT2D eigenvalue weighted by molar-refractivity contribution is 0.103. The van der Waals surface area contributed by atoms with Gasteiger partial charge in [-0.3, -0.25) is 9.89 Å². The van der Waals surface area contributed by atoms with E-state index < -0.39 is 0 Å². The highest BCUT2D eigenvalue weighted by molar-refractivity contribution is 9.10. The Kier molecular flexibility index (Phi) is 4.39. The number of nitrogens with one attached hydrogen (secondary N) is 3. The van der Waals surface area contributed by atoms with Crippen molar-refractivity contribution in [2.75, 3.05) is 10.6 Å². The van der Waals surface area contributed by atoms with Gasteiger partial charge in [0.25, 0.3) is 5.91 Å². The average molecular weight is 429 g/mol. The number of halogens is 1. The van der Waals surface area contributed by atoms with Gasteiger partial charge in [-0.2, -0.15) is 5.10 Å². The highest BCUT2D eigenvalue weighted by atomic mass is 79.9. The van der Waals surface area contributed by atoms with Crippen molar-refractivity contribution in [3.63, 3.8) is 0 Å². The van der Waals surface area contributed by atoms with Crippen LogP contribution in [0.3, 0.4) is 0 Å². The van der Waals surface area contributed by atoms with Crippen molar-refractivity contribution in [2.45, 2.75) is 6.92 Å². The molecule has 3 heterocycles. The minimum absolute atomic E-state index is 0.234. The molecule has 1 aromatic carbocycles. The Labute approximate surface area is 161 Å². The minimum Gasteiger partial charge on any atom is -0.320 e. The number of H-pyrrole nitrogens is 1. The lowest BCUT2D eigenvalue weighted by Gasteiger charge is -2.07. The Hall–Kier alpha value is -2.78. The number of nitrogens with zero attached hydrogens (tertiary/aromatic N) is 3. The maximum absolute atomic E-state index is 12.6. The van der Waals surface area contributed by atoms with E-state index in [-0.39, 0.29) is 5.91 Å². The predicted octanol–water partition coefficient (Wildman–Crippen LogP) is 4.48. The molecule has 0 saturated carbocycles. The summed E-state index contributed by atoms with van der Waals surface area (Å²) in [6.07, 6.45) is 3.22. The lowest BCUT2D eigenvalue weighted by Crippen LogP contribution is -2.10. The van der Waals surface area contributed by atoms with Gasteiger partial charge in [0.05, 0.1) is 23.6 Å². The molecule has 0 unspecified atom stereocenters. The fourth-order valence-corrected chi connectivity index (χ4v) is 3.62. The molecular formula is C17H13BrN6OS. The van der Waals surface area contributed by atoms with Crippen molar-refractivity contribution < 1.29 is 4.79 Å². The maximum Gasteiger partial charge on any atom is 0.267 e. The molecule has 0 atom stereocenters. The number of rotatable bonds is 4. The zero-order valence-corrected chi connectivity index (χ0v) is 16.0. The molecular weight excluding hydrogens is 416 g/mol. The van der Waals surface area contributed by atoms with Crippen LogP contribution in [0.15, 0.2) is 47.2 Å². The first kappa shape index (κ1) is 16.7. The van der Waals surface area contributed by atoms with Crippen LogP contribution in [0.2, 0.25) is 0 Å². The van der Waals surface area contributed by atoms with E-state index in [2.05, 4.69) is 46.7 Å². The molecule has 0 aliphatic rings. The van der Waals surface area contributed by atoms with Crippen LogP contribution in [0.4, 0.5) is 16.6 Å². The molecule has 0 radical (unpaired) electrons. The molecule has 0 spiro atoms. The summed E-state index contributed by atoms with van der Waals surface area (Å²) >= 11 is 4.73. The second kappa shape index (κ2) is 6.85. The number of aryl methyl sites for hydroxylation is 1. The highest BCUT2D eigenvalue weighted by Crippen LogP contribution is 2.31. The zero-order chi connectivity index (χ0) is 18.1. The maximum atomic E-state index is 12.6. The van der Waals surface area contributed by atoms with Crippen molar-refractivity contribution in [2.24, 2.45) is 0 Å². The van der Waals surface area contributed by atoms with Crippen LogP contribution in [-0.2, 0) is 0 Å². The summed E-state index contributed by atoms with van der Waals surface area (Å²) in [5.74, 6) is 0.458. The van der Waals surface area contributed by atoms with Crippen LogP contribution in [0.1, 0.15) is 15.4 Å². The number of amides is 1. The van der Waals surface area contributed by atoms with Crippen LogP contribution in [0, 0.1) is 6.92 Å². The third-order valence-corrected chi connectivity index (χ3v) is 5.24. The molecule has 130 valence electrons. The molecule has 7 nitrogen and oxygen atoms in total. The molecule has 4 rings (SSSR count). The van der Waals surface area contributed by atoms with Gasteiger partial charge < -0.3 is 10.6 Å². The minimum atomic E-state index is -0.234. The number of pyridine rings is 1. The van der Waals surface area contributed by atoms with Gasteiger partial charge in [-0.15, -0.1) is 0 Å². The van der Waals surface area contributed by atoms with Crippen LogP contribution in [0.25, 0.3) is 10.9 Å².